The maximum atomic E-state index is 11.5. The molecule has 2 heterocycles. The zero-order chi connectivity index (χ0) is 16.9. The van der Waals surface area contributed by atoms with Crippen molar-refractivity contribution in [3.05, 3.63) is 65.8 Å². The summed E-state index contributed by atoms with van der Waals surface area (Å²) in [5.74, 6) is 0.653. The number of hydrogen-bond acceptors (Lipinski definition) is 5. The van der Waals surface area contributed by atoms with E-state index >= 15 is 0 Å². The summed E-state index contributed by atoms with van der Waals surface area (Å²) in [5.41, 5.74) is 3.07. The number of pyridine rings is 1. The van der Waals surface area contributed by atoms with Crippen molar-refractivity contribution in [2.75, 3.05) is 0 Å². The lowest BCUT2D eigenvalue weighted by atomic mass is 10.0. The Bertz CT molecular complexity index is 813. The largest absolute Gasteiger partial charge is 0.418 e. The Balaban J connectivity index is 1.84. The number of aryl methyl sites for hydroxylation is 1. The number of nitrogens with zero attached hydrogens (tertiary/aromatic N) is 3. The minimum absolute atomic E-state index is 0.143. The van der Waals surface area contributed by atoms with E-state index in [9.17, 15) is 4.79 Å². The van der Waals surface area contributed by atoms with Gasteiger partial charge in [0.05, 0.1) is 0 Å². The van der Waals surface area contributed by atoms with Gasteiger partial charge in [0.2, 0.25) is 17.7 Å². The monoisotopic (exact) mass is 322 g/mol. The van der Waals surface area contributed by atoms with Crippen LogP contribution in [0.25, 0.3) is 11.5 Å². The van der Waals surface area contributed by atoms with Crippen molar-refractivity contribution in [1.82, 2.24) is 20.5 Å². The zero-order valence-corrected chi connectivity index (χ0v) is 13.6. The molecule has 122 valence electrons. The number of amides is 1. The fourth-order valence-electron chi connectivity index (χ4n) is 2.39. The van der Waals surface area contributed by atoms with Crippen molar-refractivity contribution in [3.8, 4) is 11.5 Å². The van der Waals surface area contributed by atoms with E-state index in [0.717, 1.165) is 11.1 Å². The summed E-state index contributed by atoms with van der Waals surface area (Å²) in [6.45, 7) is 3.51. The van der Waals surface area contributed by atoms with Crippen LogP contribution in [0.1, 0.15) is 30.0 Å². The third-order valence-corrected chi connectivity index (χ3v) is 3.60. The summed E-state index contributed by atoms with van der Waals surface area (Å²) in [4.78, 5) is 15.5. The van der Waals surface area contributed by atoms with E-state index in [1.165, 1.54) is 12.5 Å². The second kappa shape index (κ2) is 7.04. The van der Waals surface area contributed by atoms with E-state index in [0.29, 0.717) is 18.2 Å². The fourth-order valence-corrected chi connectivity index (χ4v) is 2.39. The van der Waals surface area contributed by atoms with Gasteiger partial charge in [-0.05, 0) is 24.6 Å². The first-order chi connectivity index (χ1) is 11.6. The highest BCUT2D eigenvalue weighted by Crippen LogP contribution is 2.22. The molecule has 0 spiro atoms. The number of hydrogen-bond donors (Lipinski definition) is 1. The molecule has 6 nitrogen and oxygen atoms in total. The van der Waals surface area contributed by atoms with Crippen molar-refractivity contribution in [3.63, 3.8) is 0 Å². The van der Waals surface area contributed by atoms with Gasteiger partial charge < -0.3 is 9.73 Å². The van der Waals surface area contributed by atoms with Gasteiger partial charge in [-0.2, -0.15) is 0 Å². The van der Waals surface area contributed by atoms with Crippen LogP contribution < -0.4 is 5.32 Å². The maximum Gasteiger partial charge on any atom is 0.247 e. The second-order valence-electron chi connectivity index (χ2n) is 5.62. The number of carbonyl (C=O) groups is 1. The molecule has 1 atom stereocenters. The van der Waals surface area contributed by atoms with Gasteiger partial charge in [0, 0.05) is 31.3 Å². The summed E-state index contributed by atoms with van der Waals surface area (Å²) >= 11 is 0. The lowest BCUT2D eigenvalue weighted by Crippen LogP contribution is -2.28. The third-order valence-electron chi connectivity index (χ3n) is 3.60. The van der Waals surface area contributed by atoms with Gasteiger partial charge in [-0.3, -0.25) is 9.78 Å². The predicted octanol–water partition coefficient (Wildman–Crippen LogP) is 2.86. The minimum Gasteiger partial charge on any atom is -0.418 e. The lowest BCUT2D eigenvalue weighted by Gasteiger charge is -2.14. The minimum atomic E-state index is -0.367. The molecule has 3 rings (SSSR count). The van der Waals surface area contributed by atoms with E-state index < -0.39 is 0 Å². The van der Waals surface area contributed by atoms with Crippen LogP contribution in [0.2, 0.25) is 0 Å². The molecule has 1 aromatic carbocycles. The Morgan fingerprint density at radius 3 is 2.50 bits per heavy atom. The molecule has 1 unspecified atom stereocenters. The second-order valence-corrected chi connectivity index (χ2v) is 5.62. The molecule has 0 aliphatic rings. The smallest absolute Gasteiger partial charge is 0.247 e. The topological polar surface area (TPSA) is 80.9 Å². The van der Waals surface area contributed by atoms with E-state index in [2.05, 4.69) is 20.5 Å². The molecule has 0 aliphatic carbocycles. The summed E-state index contributed by atoms with van der Waals surface area (Å²) in [7, 11) is 0. The lowest BCUT2D eigenvalue weighted by molar-refractivity contribution is -0.119. The SMILES string of the molecule is CC(=O)NC(Cc1ccc(C)cc1)c1nnc(-c2ccncc2)o1. The molecule has 6 heteroatoms. The highest BCUT2D eigenvalue weighted by Gasteiger charge is 2.21. The first-order valence-electron chi connectivity index (χ1n) is 7.68. The van der Waals surface area contributed by atoms with Crippen molar-refractivity contribution < 1.29 is 9.21 Å². The quantitative estimate of drug-likeness (QED) is 0.781. The number of benzene rings is 1. The fraction of sp³-hybridized carbons (Fsp3) is 0.222. The Kier molecular flexibility index (Phi) is 4.65. The third kappa shape index (κ3) is 3.84. The van der Waals surface area contributed by atoms with Crippen molar-refractivity contribution in [2.45, 2.75) is 26.3 Å². The van der Waals surface area contributed by atoms with Crippen molar-refractivity contribution >= 4 is 5.91 Å². The highest BCUT2D eigenvalue weighted by molar-refractivity contribution is 5.73. The van der Waals surface area contributed by atoms with Crippen LogP contribution in [0.5, 0.6) is 0 Å². The van der Waals surface area contributed by atoms with E-state index in [4.69, 9.17) is 4.42 Å². The first kappa shape index (κ1) is 15.9. The molecule has 1 amide bonds. The van der Waals surface area contributed by atoms with Crippen LogP contribution in [0, 0.1) is 6.92 Å². The van der Waals surface area contributed by atoms with Crippen LogP contribution in [0.15, 0.2) is 53.2 Å². The molecule has 24 heavy (non-hydrogen) atoms. The van der Waals surface area contributed by atoms with Crippen LogP contribution in [0.4, 0.5) is 0 Å². The summed E-state index contributed by atoms with van der Waals surface area (Å²) < 4.78 is 5.76. The molecule has 1 N–H and O–H groups in total. The Hall–Kier alpha value is -3.02. The molecular weight excluding hydrogens is 304 g/mol. The summed E-state index contributed by atoms with van der Waals surface area (Å²) in [5, 5.41) is 11.1. The zero-order valence-electron chi connectivity index (χ0n) is 13.6. The summed E-state index contributed by atoms with van der Waals surface area (Å²) in [6.07, 6.45) is 3.91. The van der Waals surface area contributed by atoms with Crippen molar-refractivity contribution in [2.24, 2.45) is 0 Å². The average molecular weight is 322 g/mol. The average Bonchev–Trinajstić information content (AvgIpc) is 3.07. The van der Waals surface area contributed by atoms with Gasteiger partial charge in [0.15, 0.2) is 0 Å². The van der Waals surface area contributed by atoms with Gasteiger partial charge in [-0.15, -0.1) is 10.2 Å². The van der Waals surface area contributed by atoms with Crippen LogP contribution >= 0.6 is 0 Å². The first-order valence-corrected chi connectivity index (χ1v) is 7.68. The molecule has 2 aromatic heterocycles. The van der Waals surface area contributed by atoms with Crippen LogP contribution in [-0.2, 0) is 11.2 Å². The standard InChI is InChI=1S/C18H18N4O2/c1-12-3-5-14(6-4-12)11-16(20-13(2)23)18-22-21-17(24-18)15-7-9-19-10-8-15/h3-10,16H,11H2,1-2H3,(H,20,23). The van der Waals surface area contributed by atoms with Gasteiger partial charge >= 0.3 is 0 Å². The highest BCUT2D eigenvalue weighted by atomic mass is 16.4. The molecule has 0 aliphatic heterocycles. The normalized spacial score (nSPS) is 11.9. The molecule has 0 saturated heterocycles. The Morgan fingerprint density at radius 1 is 1.12 bits per heavy atom. The molecule has 0 bridgehead atoms. The van der Waals surface area contributed by atoms with Gasteiger partial charge in [0.1, 0.15) is 6.04 Å². The Morgan fingerprint density at radius 2 is 1.83 bits per heavy atom. The van der Waals surface area contributed by atoms with E-state index in [-0.39, 0.29) is 11.9 Å². The number of nitrogens with one attached hydrogen (secondary N) is 1. The molecule has 0 saturated carbocycles. The van der Waals surface area contributed by atoms with Gasteiger partial charge in [-0.1, -0.05) is 29.8 Å². The molecule has 0 fully saturated rings. The maximum absolute atomic E-state index is 11.5. The van der Waals surface area contributed by atoms with Crippen molar-refractivity contribution in [1.29, 1.82) is 0 Å². The number of rotatable bonds is 5. The van der Waals surface area contributed by atoms with Gasteiger partial charge in [-0.25, -0.2) is 0 Å². The summed E-state index contributed by atoms with van der Waals surface area (Å²) in [6, 6.07) is 11.4. The van der Waals surface area contributed by atoms with E-state index in [1.807, 2.05) is 31.2 Å². The molecule has 0 radical (unpaired) electrons. The predicted molar refractivity (Wildman–Crippen MR) is 89.0 cm³/mol. The Labute approximate surface area is 140 Å². The molecular formula is C18H18N4O2. The number of aromatic nitrogens is 3. The number of carbonyl (C=O) groups excluding carboxylic acids is 1. The van der Waals surface area contributed by atoms with Crippen LogP contribution in [-0.4, -0.2) is 21.1 Å². The van der Waals surface area contributed by atoms with Crippen LogP contribution in [0.3, 0.4) is 0 Å². The van der Waals surface area contributed by atoms with Gasteiger partial charge in [0.25, 0.3) is 0 Å². The van der Waals surface area contributed by atoms with E-state index in [1.54, 1.807) is 24.5 Å². The molecule has 3 aromatic rings.